The van der Waals surface area contributed by atoms with E-state index in [-0.39, 0.29) is 11.9 Å². The van der Waals surface area contributed by atoms with Crippen LogP contribution in [0.15, 0.2) is 18.3 Å². The summed E-state index contributed by atoms with van der Waals surface area (Å²) < 4.78 is 5.17. The predicted octanol–water partition coefficient (Wildman–Crippen LogP) is 1.89. The Kier molecular flexibility index (Phi) is 5.73. The summed E-state index contributed by atoms with van der Waals surface area (Å²) in [6.07, 6.45) is 7.41. The highest BCUT2D eigenvalue weighted by atomic mass is 16.5. The van der Waals surface area contributed by atoms with E-state index in [0.29, 0.717) is 43.7 Å². The number of carbonyl (C=O) groups is 2. The number of nitrogens with one attached hydrogen (secondary N) is 1. The van der Waals surface area contributed by atoms with Crippen molar-refractivity contribution in [1.29, 1.82) is 0 Å². The maximum absolute atomic E-state index is 12.7. The van der Waals surface area contributed by atoms with Crippen LogP contribution in [0.3, 0.4) is 0 Å². The molecule has 136 valence electrons. The minimum absolute atomic E-state index is 0.00189. The topological polar surface area (TPSA) is 74.8 Å². The third-order valence-corrected chi connectivity index (χ3v) is 4.98. The van der Waals surface area contributed by atoms with E-state index in [1.165, 1.54) is 26.4 Å². The number of aromatic nitrogens is 1. The predicted molar refractivity (Wildman–Crippen MR) is 93.7 cm³/mol. The number of ether oxygens (including phenoxy) is 1. The van der Waals surface area contributed by atoms with Crippen molar-refractivity contribution in [2.45, 2.75) is 38.1 Å². The van der Waals surface area contributed by atoms with Crippen LogP contribution in [-0.2, 0) is 0 Å². The molecule has 0 atom stereocenters. The maximum atomic E-state index is 12.7. The molecule has 1 aliphatic heterocycles. The molecule has 1 aromatic heterocycles. The smallest absolute Gasteiger partial charge is 0.317 e. The van der Waals surface area contributed by atoms with E-state index in [1.807, 2.05) is 0 Å². The van der Waals surface area contributed by atoms with Crippen molar-refractivity contribution in [3.63, 3.8) is 0 Å². The fourth-order valence-corrected chi connectivity index (χ4v) is 3.51. The lowest BCUT2D eigenvalue weighted by molar-refractivity contribution is 0.0658. The van der Waals surface area contributed by atoms with Crippen molar-refractivity contribution in [3.8, 4) is 5.88 Å². The average Bonchev–Trinajstić information content (AvgIpc) is 2.68. The van der Waals surface area contributed by atoms with Gasteiger partial charge in [-0.3, -0.25) is 4.79 Å². The molecule has 3 rings (SSSR count). The minimum Gasteiger partial charge on any atom is -0.480 e. The van der Waals surface area contributed by atoms with E-state index >= 15 is 0 Å². The van der Waals surface area contributed by atoms with Gasteiger partial charge in [0.2, 0.25) is 5.88 Å². The number of methoxy groups -OCH3 is 1. The van der Waals surface area contributed by atoms with Crippen molar-refractivity contribution >= 4 is 11.9 Å². The first-order valence-electron chi connectivity index (χ1n) is 9.03. The first kappa shape index (κ1) is 17.5. The van der Waals surface area contributed by atoms with Crippen molar-refractivity contribution in [2.75, 3.05) is 33.3 Å². The van der Waals surface area contributed by atoms with Gasteiger partial charge in [0.25, 0.3) is 5.91 Å². The van der Waals surface area contributed by atoms with Crippen LogP contribution >= 0.6 is 0 Å². The Hall–Kier alpha value is -2.31. The van der Waals surface area contributed by atoms with Gasteiger partial charge in [0.15, 0.2) is 0 Å². The molecule has 1 aliphatic carbocycles. The maximum Gasteiger partial charge on any atom is 0.317 e. The van der Waals surface area contributed by atoms with Gasteiger partial charge in [-0.15, -0.1) is 0 Å². The third-order valence-electron chi connectivity index (χ3n) is 4.98. The number of hydrogen-bond donors (Lipinski definition) is 1. The van der Waals surface area contributed by atoms with Gasteiger partial charge in [-0.2, -0.15) is 0 Å². The lowest BCUT2D eigenvalue weighted by atomic mass is 9.96. The molecule has 2 fully saturated rings. The Morgan fingerprint density at radius 1 is 1.12 bits per heavy atom. The van der Waals surface area contributed by atoms with Crippen LogP contribution in [0.5, 0.6) is 5.88 Å². The summed E-state index contributed by atoms with van der Waals surface area (Å²) in [6.45, 7) is 2.14. The second kappa shape index (κ2) is 8.18. The first-order chi connectivity index (χ1) is 12.2. The second-order valence-corrected chi connectivity index (χ2v) is 6.62. The molecule has 0 radical (unpaired) electrons. The largest absolute Gasteiger partial charge is 0.480 e. The van der Waals surface area contributed by atoms with Crippen LogP contribution in [0.4, 0.5) is 4.79 Å². The van der Waals surface area contributed by atoms with Crippen LogP contribution in [-0.4, -0.2) is 66.1 Å². The molecule has 0 unspecified atom stereocenters. The molecular formula is C18H26N4O3. The summed E-state index contributed by atoms with van der Waals surface area (Å²) >= 11 is 0. The van der Waals surface area contributed by atoms with Crippen molar-refractivity contribution in [2.24, 2.45) is 0 Å². The zero-order valence-electron chi connectivity index (χ0n) is 14.7. The molecule has 1 saturated heterocycles. The lowest BCUT2D eigenvalue weighted by Crippen LogP contribution is -2.54. The van der Waals surface area contributed by atoms with Crippen molar-refractivity contribution in [3.05, 3.63) is 23.9 Å². The van der Waals surface area contributed by atoms with Crippen molar-refractivity contribution in [1.82, 2.24) is 20.1 Å². The Bertz CT molecular complexity index is 608. The van der Waals surface area contributed by atoms with E-state index in [1.54, 1.807) is 28.1 Å². The number of hydrogen-bond acceptors (Lipinski definition) is 4. The normalized spacial score (nSPS) is 18.8. The van der Waals surface area contributed by atoms with Gasteiger partial charge < -0.3 is 19.9 Å². The molecule has 0 aromatic carbocycles. The van der Waals surface area contributed by atoms with E-state index < -0.39 is 0 Å². The summed E-state index contributed by atoms with van der Waals surface area (Å²) in [7, 11) is 1.51. The Labute approximate surface area is 148 Å². The molecular weight excluding hydrogens is 320 g/mol. The minimum atomic E-state index is -0.0997. The quantitative estimate of drug-likeness (QED) is 0.907. The number of pyridine rings is 1. The zero-order chi connectivity index (χ0) is 17.6. The summed E-state index contributed by atoms with van der Waals surface area (Å²) in [4.78, 5) is 32.7. The third kappa shape index (κ3) is 4.21. The molecule has 2 heterocycles. The molecule has 1 saturated carbocycles. The molecule has 1 N–H and O–H groups in total. The number of urea groups is 1. The highest BCUT2D eigenvalue weighted by molar-refractivity contribution is 5.96. The fraction of sp³-hybridized carbons (Fsp3) is 0.611. The van der Waals surface area contributed by atoms with E-state index in [9.17, 15) is 9.59 Å². The molecule has 7 nitrogen and oxygen atoms in total. The van der Waals surface area contributed by atoms with Crippen LogP contribution in [0.25, 0.3) is 0 Å². The Balaban J connectivity index is 1.52. The first-order valence-corrected chi connectivity index (χ1v) is 9.03. The average molecular weight is 346 g/mol. The SMILES string of the molecule is COc1ncccc1C(=O)N1CCN(C(=O)NC2CCCCC2)CC1. The van der Waals surface area contributed by atoms with E-state index in [2.05, 4.69) is 10.3 Å². The van der Waals surface area contributed by atoms with Crippen LogP contribution < -0.4 is 10.1 Å². The molecule has 7 heteroatoms. The number of amides is 3. The highest BCUT2D eigenvalue weighted by Crippen LogP contribution is 2.19. The second-order valence-electron chi connectivity index (χ2n) is 6.62. The standard InChI is InChI=1S/C18H26N4O3/c1-25-16-15(8-5-9-19-16)17(23)21-10-12-22(13-11-21)18(24)20-14-6-3-2-4-7-14/h5,8-9,14H,2-4,6-7,10-13H2,1H3,(H,20,24). The zero-order valence-corrected chi connectivity index (χ0v) is 14.7. The lowest BCUT2D eigenvalue weighted by Gasteiger charge is -2.36. The number of nitrogens with zero attached hydrogens (tertiary/aromatic N) is 3. The number of rotatable bonds is 3. The molecule has 25 heavy (non-hydrogen) atoms. The van der Waals surface area contributed by atoms with Gasteiger partial charge in [0.1, 0.15) is 5.56 Å². The van der Waals surface area contributed by atoms with E-state index in [4.69, 9.17) is 4.74 Å². The Morgan fingerprint density at radius 2 is 1.80 bits per heavy atom. The summed E-state index contributed by atoms with van der Waals surface area (Å²) in [5.41, 5.74) is 0.463. The van der Waals surface area contributed by atoms with Gasteiger partial charge in [0, 0.05) is 38.4 Å². The fourth-order valence-electron chi connectivity index (χ4n) is 3.51. The van der Waals surface area contributed by atoms with Crippen LogP contribution in [0, 0.1) is 0 Å². The van der Waals surface area contributed by atoms with Crippen LogP contribution in [0.1, 0.15) is 42.5 Å². The molecule has 2 aliphatic rings. The van der Waals surface area contributed by atoms with Gasteiger partial charge in [0.05, 0.1) is 7.11 Å². The number of carbonyl (C=O) groups excluding carboxylic acids is 2. The van der Waals surface area contributed by atoms with Crippen molar-refractivity contribution < 1.29 is 14.3 Å². The molecule has 0 bridgehead atoms. The van der Waals surface area contributed by atoms with Gasteiger partial charge in [-0.25, -0.2) is 9.78 Å². The van der Waals surface area contributed by atoms with Gasteiger partial charge >= 0.3 is 6.03 Å². The van der Waals surface area contributed by atoms with Gasteiger partial charge in [-0.05, 0) is 25.0 Å². The molecule has 3 amide bonds. The summed E-state index contributed by atoms with van der Waals surface area (Å²) in [5, 5.41) is 3.14. The monoisotopic (exact) mass is 346 g/mol. The Morgan fingerprint density at radius 3 is 2.48 bits per heavy atom. The highest BCUT2D eigenvalue weighted by Gasteiger charge is 2.27. The number of piperazine rings is 1. The van der Waals surface area contributed by atoms with Gasteiger partial charge in [-0.1, -0.05) is 19.3 Å². The summed E-state index contributed by atoms with van der Waals surface area (Å²) in [6, 6.07) is 3.75. The molecule has 1 aromatic rings. The summed E-state index contributed by atoms with van der Waals surface area (Å²) in [5.74, 6) is 0.238. The van der Waals surface area contributed by atoms with E-state index in [0.717, 1.165) is 12.8 Å². The van der Waals surface area contributed by atoms with Crippen LogP contribution in [0.2, 0.25) is 0 Å². The molecule has 0 spiro atoms.